The molecule has 102 valence electrons. The molecule has 1 saturated heterocycles. The standard InChI is InChI=1S/C14H11ClN2O2S/c15-13-11-5-7-20-12(11)8-9(16-13)3-4-10-2-1-6-17(10)14(18)19/h5,7-8,10H,1-2,6H2,(H,18,19)/t10-/m1/s1. The number of hydrogen-bond acceptors (Lipinski definition) is 3. The van der Waals surface area contributed by atoms with Gasteiger partial charge in [0.15, 0.2) is 0 Å². The molecule has 0 aromatic carbocycles. The number of hydrogen-bond donors (Lipinski definition) is 1. The minimum atomic E-state index is -0.915. The van der Waals surface area contributed by atoms with Crippen molar-refractivity contribution in [1.29, 1.82) is 0 Å². The molecule has 1 aliphatic heterocycles. The number of carbonyl (C=O) groups is 1. The quantitative estimate of drug-likeness (QED) is 0.599. The third-order valence-corrected chi connectivity index (χ3v) is 4.42. The maximum Gasteiger partial charge on any atom is 0.408 e. The maximum atomic E-state index is 11.0. The van der Waals surface area contributed by atoms with Crippen molar-refractivity contribution < 1.29 is 9.90 Å². The Morgan fingerprint density at radius 1 is 1.60 bits per heavy atom. The molecular formula is C14H11ClN2O2S. The van der Waals surface area contributed by atoms with Crippen LogP contribution < -0.4 is 0 Å². The van der Waals surface area contributed by atoms with E-state index < -0.39 is 6.09 Å². The summed E-state index contributed by atoms with van der Waals surface area (Å²) in [5.41, 5.74) is 0.585. The molecule has 3 rings (SSSR count). The van der Waals surface area contributed by atoms with E-state index in [1.54, 1.807) is 11.3 Å². The Kier molecular flexibility index (Phi) is 3.51. The molecular weight excluding hydrogens is 296 g/mol. The van der Waals surface area contributed by atoms with Crippen LogP contribution in [-0.2, 0) is 0 Å². The van der Waals surface area contributed by atoms with Gasteiger partial charge in [-0.15, -0.1) is 11.3 Å². The second-order valence-corrected chi connectivity index (χ2v) is 5.84. The molecule has 1 atom stereocenters. The molecule has 2 aromatic rings. The van der Waals surface area contributed by atoms with E-state index in [0.717, 1.165) is 22.9 Å². The average molecular weight is 307 g/mol. The Bertz CT molecular complexity index is 732. The first-order valence-electron chi connectivity index (χ1n) is 6.20. The van der Waals surface area contributed by atoms with Crippen LogP contribution in [0.1, 0.15) is 18.5 Å². The summed E-state index contributed by atoms with van der Waals surface area (Å²) in [5, 5.41) is 12.4. The molecule has 0 aliphatic carbocycles. The summed E-state index contributed by atoms with van der Waals surface area (Å²) in [7, 11) is 0. The van der Waals surface area contributed by atoms with Crippen molar-refractivity contribution in [2.24, 2.45) is 0 Å². The fourth-order valence-corrected chi connectivity index (χ4v) is 3.43. The molecule has 1 amide bonds. The van der Waals surface area contributed by atoms with Gasteiger partial charge in [0.25, 0.3) is 0 Å². The van der Waals surface area contributed by atoms with Gasteiger partial charge in [-0.25, -0.2) is 9.78 Å². The summed E-state index contributed by atoms with van der Waals surface area (Å²) in [6.07, 6.45) is 0.708. The first-order valence-corrected chi connectivity index (χ1v) is 7.46. The van der Waals surface area contributed by atoms with Gasteiger partial charge in [0.2, 0.25) is 0 Å². The van der Waals surface area contributed by atoms with E-state index in [4.69, 9.17) is 16.7 Å². The molecule has 1 fully saturated rings. The van der Waals surface area contributed by atoms with Gasteiger partial charge >= 0.3 is 6.09 Å². The number of likely N-dealkylation sites (tertiary alicyclic amines) is 1. The summed E-state index contributed by atoms with van der Waals surface area (Å²) in [6, 6.07) is 3.57. The number of aromatic nitrogens is 1. The predicted octanol–water partition coefficient (Wildman–Crippen LogP) is 3.44. The maximum absolute atomic E-state index is 11.0. The molecule has 0 bridgehead atoms. The second-order valence-electron chi connectivity index (χ2n) is 4.53. The number of carboxylic acid groups (broad SMARTS) is 1. The molecule has 0 spiro atoms. The third-order valence-electron chi connectivity index (χ3n) is 3.27. The van der Waals surface area contributed by atoms with Gasteiger partial charge in [-0.3, -0.25) is 4.90 Å². The van der Waals surface area contributed by atoms with Crippen molar-refractivity contribution in [2.75, 3.05) is 6.54 Å². The number of pyridine rings is 1. The molecule has 1 N–H and O–H groups in total. The van der Waals surface area contributed by atoms with Crippen LogP contribution in [-0.4, -0.2) is 33.7 Å². The minimum absolute atomic E-state index is 0.243. The fraction of sp³-hybridized carbons (Fsp3) is 0.286. The fourth-order valence-electron chi connectivity index (χ4n) is 2.29. The highest BCUT2D eigenvalue weighted by molar-refractivity contribution is 7.17. The number of rotatable bonds is 0. The minimum Gasteiger partial charge on any atom is -0.465 e. The normalized spacial score (nSPS) is 18.1. The molecule has 0 radical (unpaired) electrons. The zero-order valence-corrected chi connectivity index (χ0v) is 12.0. The molecule has 6 heteroatoms. The van der Waals surface area contributed by atoms with Crippen LogP contribution in [0, 0.1) is 11.8 Å². The van der Waals surface area contributed by atoms with Gasteiger partial charge in [-0.05, 0) is 36.3 Å². The highest BCUT2D eigenvalue weighted by Crippen LogP contribution is 2.27. The van der Waals surface area contributed by atoms with Crippen LogP contribution in [0.4, 0.5) is 4.79 Å². The zero-order valence-electron chi connectivity index (χ0n) is 10.5. The lowest BCUT2D eigenvalue weighted by Gasteiger charge is -2.15. The van der Waals surface area contributed by atoms with Gasteiger partial charge < -0.3 is 5.11 Å². The van der Waals surface area contributed by atoms with Crippen LogP contribution in [0.5, 0.6) is 0 Å². The van der Waals surface area contributed by atoms with Crippen molar-refractivity contribution in [2.45, 2.75) is 18.9 Å². The molecule has 2 aromatic heterocycles. The Balaban J connectivity index is 1.90. The Morgan fingerprint density at radius 3 is 3.25 bits per heavy atom. The smallest absolute Gasteiger partial charge is 0.408 e. The SMILES string of the molecule is O=C(O)N1CCC[C@@H]1C#Cc1cc2sccc2c(Cl)n1. The second kappa shape index (κ2) is 5.31. The zero-order chi connectivity index (χ0) is 14.1. The lowest BCUT2D eigenvalue weighted by molar-refractivity contribution is 0.148. The van der Waals surface area contributed by atoms with Crippen molar-refractivity contribution >= 4 is 39.1 Å². The van der Waals surface area contributed by atoms with E-state index in [2.05, 4.69) is 16.8 Å². The van der Waals surface area contributed by atoms with E-state index in [1.165, 1.54) is 4.90 Å². The van der Waals surface area contributed by atoms with Crippen LogP contribution >= 0.6 is 22.9 Å². The van der Waals surface area contributed by atoms with Crippen molar-refractivity contribution in [1.82, 2.24) is 9.88 Å². The van der Waals surface area contributed by atoms with Crippen LogP contribution in [0.2, 0.25) is 5.15 Å². The summed E-state index contributed by atoms with van der Waals surface area (Å²) < 4.78 is 1.04. The Hall–Kier alpha value is -1.77. The lowest BCUT2D eigenvalue weighted by atomic mass is 10.2. The van der Waals surface area contributed by atoms with Gasteiger partial charge in [-0.1, -0.05) is 17.5 Å². The monoisotopic (exact) mass is 306 g/mol. The summed E-state index contributed by atoms with van der Waals surface area (Å²) in [5.74, 6) is 5.94. The summed E-state index contributed by atoms with van der Waals surface area (Å²) in [4.78, 5) is 16.7. The van der Waals surface area contributed by atoms with Gasteiger partial charge in [0, 0.05) is 16.6 Å². The predicted molar refractivity (Wildman–Crippen MR) is 79.3 cm³/mol. The number of halogens is 1. The number of nitrogens with zero attached hydrogens (tertiary/aromatic N) is 2. The topological polar surface area (TPSA) is 53.4 Å². The average Bonchev–Trinajstić information content (AvgIpc) is 3.04. The van der Waals surface area contributed by atoms with Crippen LogP contribution in [0.3, 0.4) is 0 Å². The molecule has 0 unspecified atom stereocenters. The highest BCUT2D eigenvalue weighted by atomic mass is 35.5. The molecule has 4 nitrogen and oxygen atoms in total. The largest absolute Gasteiger partial charge is 0.465 e. The first kappa shape index (κ1) is 13.2. The number of fused-ring (bicyclic) bond motifs is 1. The Morgan fingerprint density at radius 2 is 2.45 bits per heavy atom. The van der Waals surface area contributed by atoms with Crippen LogP contribution in [0.15, 0.2) is 17.5 Å². The van der Waals surface area contributed by atoms with Crippen molar-refractivity contribution in [3.05, 3.63) is 28.4 Å². The molecule has 3 heterocycles. The van der Waals surface area contributed by atoms with Gasteiger partial charge in [0.1, 0.15) is 10.8 Å². The number of amides is 1. The van der Waals surface area contributed by atoms with Gasteiger partial charge in [0.05, 0.1) is 6.04 Å². The number of thiophene rings is 1. The third kappa shape index (κ3) is 2.45. The molecule has 1 aliphatic rings. The molecule has 0 saturated carbocycles. The van der Waals surface area contributed by atoms with Crippen molar-refractivity contribution in [3.8, 4) is 11.8 Å². The van der Waals surface area contributed by atoms with E-state index in [9.17, 15) is 4.79 Å². The highest BCUT2D eigenvalue weighted by Gasteiger charge is 2.26. The van der Waals surface area contributed by atoms with E-state index in [-0.39, 0.29) is 6.04 Å². The summed E-state index contributed by atoms with van der Waals surface area (Å²) in [6.45, 7) is 0.548. The summed E-state index contributed by atoms with van der Waals surface area (Å²) >= 11 is 7.68. The lowest BCUT2D eigenvalue weighted by Crippen LogP contribution is -2.33. The molecule has 20 heavy (non-hydrogen) atoms. The van der Waals surface area contributed by atoms with E-state index in [1.807, 2.05) is 17.5 Å². The van der Waals surface area contributed by atoms with E-state index >= 15 is 0 Å². The Labute approximate surface area is 125 Å². The first-order chi connectivity index (χ1) is 9.65. The van der Waals surface area contributed by atoms with Crippen LogP contribution in [0.25, 0.3) is 10.1 Å². The van der Waals surface area contributed by atoms with Crippen molar-refractivity contribution in [3.63, 3.8) is 0 Å². The van der Waals surface area contributed by atoms with E-state index in [0.29, 0.717) is 17.4 Å². The van der Waals surface area contributed by atoms with Gasteiger partial charge in [-0.2, -0.15) is 0 Å².